The van der Waals surface area contributed by atoms with Gasteiger partial charge in [0.05, 0.1) is 12.8 Å². The van der Waals surface area contributed by atoms with Crippen LogP contribution in [0.5, 0.6) is 5.75 Å². The molecule has 64 valence electrons. The van der Waals surface area contributed by atoms with E-state index in [0.717, 1.165) is 11.4 Å². The fourth-order valence-electron chi connectivity index (χ4n) is 1.21. The number of anilines is 1. The summed E-state index contributed by atoms with van der Waals surface area (Å²) in [6.45, 7) is 0. The summed E-state index contributed by atoms with van der Waals surface area (Å²) in [7, 11) is 1.70. The number of para-hydroxylation sites is 2. The predicted octanol–water partition coefficient (Wildman–Crippen LogP) is 2.27. The summed E-state index contributed by atoms with van der Waals surface area (Å²) in [5, 5.41) is 3.41. The van der Waals surface area contributed by atoms with E-state index in [1.165, 1.54) is 12.8 Å². The van der Waals surface area contributed by atoms with E-state index >= 15 is 0 Å². The summed E-state index contributed by atoms with van der Waals surface area (Å²) >= 11 is 0. The zero-order valence-electron chi connectivity index (χ0n) is 7.21. The first-order valence-corrected chi connectivity index (χ1v) is 4.29. The molecule has 12 heavy (non-hydrogen) atoms. The topological polar surface area (TPSA) is 21.3 Å². The molecular formula is C10H13NO. The van der Waals surface area contributed by atoms with Gasteiger partial charge in [-0.05, 0) is 25.0 Å². The van der Waals surface area contributed by atoms with Gasteiger partial charge in [0.1, 0.15) is 5.75 Å². The minimum absolute atomic E-state index is 0.682. The fourth-order valence-corrected chi connectivity index (χ4v) is 1.21. The Labute approximate surface area is 72.5 Å². The molecule has 1 aliphatic rings. The monoisotopic (exact) mass is 163 g/mol. The lowest BCUT2D eigenvalue weighted by molar-refractivity contribution is 0.416. The summed E-state index contributed by atoms with van der Waals surface area (Å²) in [6, 6.07) is 8.72. The molecule has 0 spiro atoms. The van der Waals surface area contributed by atoms with Gasteiger partial charge in [-0.1, -0.05) is 12.1 Å². The van der Waals surface area contributed by atoms with E-state index in [1.54, 1.807) is 7.11 Å². The lowest BCUT2D eigenvalue weighted by atomic mass is 10.3. The van der Waals surface area contributed by atoms with E-state index in [-0.39, 0.29) is 0 Å². The Morgan fingerprint density at radius 1 is 1.33 bits per heavy atom. The Morgan fingerprint density at radius 2 is 2.08 bits per heavy atom. The van der Waals surface area contributed by atoms with Gasteiger partial charge in [-0.3, -0.25) is 0 Å². The molecule has 0 amide bonds. The van der Waals surface area contributed by atoms with Crippen molar-refractivity contribution in [2.45, 2.75) is 18.9 Å². The molecule has 0 aliphatic heterocycles. The minimum Gasteiger partial charge on any atom is -0.495 e. The van der Waals surface area contributed by atoms with Crippen molar-refractivity contribution < 1.29 is 4.74 Å². The number of benzene rings is 1. The van der Waals surface area contributed by atoms with Crippen LogP contribution in [0.3, 0.4) is 0 Å². The number of hydrogen-bond donors (Lipinski definition) is 1. The summed E-state index contributed by atoms with van der Waals surface area (Å²) in [6.07, 6.45) is 2.58. The van der Waals surface area contributed by atoms with E-state index in [0.29, 0.717) is 6.04 Å². The molecule has 0 bridgehead atoms. The van der Waals surface area contributed by atoms with Crippen molar-refractivity contribution in [3.05, 3.63) is 24.3 Å². The molecule has 2 rings (SSSR count). The maximum atomic E-state index is 5.21. The van der Waals surface area contributed by atoms with Crippen molar-refractivity contribution in [2.24, 2.45) is 0 Å². The molecule has 0 heterocycles. The van der Waals surface area contributed by atoms with Crippen LogP contribution in [0.15, 0.2) is 24.3 Å². The van der Waals surface area contributed by atoms with Gasteiger partial charge in [-0.25, -0.2) is 0 Å². The minimum atomic E-state index is 0.682. The third-order valence-electron chi connectivity index (χ3n) is 2.04. The zero-order valence-corrected chi connectivity index (χ0v) is 7.21. The molecule has 0 aromatic heterocycles. The molecule has 0 saturated heterocycles. The molecule has 2 nitrogen and oxygen atoms in total. The van der Waals surface area contributed by atoms with Crippen LogP contribution in [0.4, 0.5) is 5.69 Å². The van der Waals surface area contributed by atoms with E-state index in [1.807, 2.05) is 18.2 Å². The lowest BCUT2D eigenvalue weighted by Gasteiger charge is -2.08. The summed E-state index contributed by atoms with van der Waals surface area (Å²) in [4.78, 5) is 0. The van der Waals surface area contributed by atoms with E-state index in [9.17, 15) is 0 Å². The van der Waals surface area contributed by atoms with Crippen LogP contribution in [0.1, 0.15) is 12.8 Å². The van der Waals surface area contributed by atoms with Crippen molar-refractivity contribution in [1.82, 2.24) is 0 Å². The number of methoxy groups -OCH3 is 1. The van der Waals surface area contributed by atoms with Gasteiger partial charge < -0.3 is 10.1 Å². The fraction of sp³-hybridized carbons (Fsp3) is 0.400. The SMILES string of the molecule is COc1ccccc1NC1CC1. The van der Waals surface area contributed by atoms with Gasteiger partial charge in [0.2, 0.25) is 0 Å². The summed E-state index contributed by atoms with van der Waals surface area (Å²) < 4.78 is 5.21. The number of ether oxygens (including phenoxy) is 1. The van der Waals surface area contributed by atoms with E-state index in [2.05, 4.69) is 11.4 Å². The van der Waals surface area contributed by atoms with Gasteiger partial charge in [-0.15, -0.1) is 0 Å². The second kappa shape index (κ2) is 3.05. The Balaban J connectivity index is 2.15. The van der Waals surface area contributed by atoms with Crippen molar-refractivity contribution in [1.29, 1.82) is 0 Å². The molecule has 1 aliphatic carbocycles. The van der Waals surface area contributed by atoms with Gasteiger partial charge in [0.15, 0.2) is 0 Å². The highest BCUT2D eigenvalue weighted by Gasteiger charge is 2.21. The average molecular weight is 163 g/mol. The Kier molecular flexibility index (Phi) is 1.90. The second-order valence-corrected chi connectivity index (χ2v) is 3.12. The normalized spacial score (nSPS) is 15.8. The molecule has 0 unspecified atom stereocenters. The van der Waals surface area contributed by atoms with Crippen molar-refractivity contribution in [3.63, 3.8) is 0 Å². The Hall–Kier alpha value is -1.18. The third kappa shape index (κ3) is 1.52. The number of rotatable bonds is 3. The van der Waals surface area contributed by atoms with Crippen molar-refractivity contribution in [2.75, 3.05) is 12.4 Å². The summed E-state index contributed by atoms with van der Waals surface area (Å²) in [5.74, 6) is 0.935. The van der Waals surface area contributed by atoms with Crippen LogP contribution >= 0.6 is 0 Å². The van der Waals surface area contributed by atoms with Crippen LogP contribution in [0.25, 0.3) is 0 Å². The first-order chi connectivity index (χ1) is 5.90. The van der Waals surface area contributed by atoms with Crippen molar-refractivity contribution >= 4 is 5.69 Å². The predicted molar refractivity (Wildman–Crippen MR) is 49.6 cm³/mol. The van der Waals surface area contributed by atoms with Gasteiger partial charge in [-0.2, -0.15) is 0 Å². The van der Waals surface area contributed by atoms with Crippen LogP contribution in [-0.4, -0.2) is 13.2 Å². The lowest BCUT2D eigenvalue weighted by Crippen LogP contribution is -2.02. The van der Waals surface area contributed by atoms with Crippen LogP contribution in [0.2, 0.25) is 0 Å². The van der Waals surface area contributed by atoms with Gasteiger partial charge >= 0.3 is 0 Å². The first kappa shape index (κ1) is 7.47. The maximum absolute atomic E-state index is 5.21. The van der Waals surface area contributed by atoms with Crippen LogP contribution in [-0.2, 0) is 0 Å². The number of hydrogen-bond acceptors (Lipinski definition) is 2. The molecule has 0 atom stereocenters. The molecule has 1 fully saturated rings. The molecule has 1 N–H and O–H groups in total. The van der Waals surface area contributed by atoms with E-state index < -0.39 is 0 Å². The molecule has 1 saturated carbocycles. The van der Waals surface area contributed by atoms with Gasteiger partial charge in [0, 0.05) is 6.04 Å². The van der Waals surface area contributed by atoms with Crippen LogP contribution in [0, 0.1) is 0 Å². The summed E-state index contributed by atoms with van der Waals surface area (Å²) in [5.41, 5.74) is 1.11. The highest BCUT2D eigenvalue weighted by molar-refractivity contribution is 5.57. The van der Waals surface area contributed by atoms with E-state index in [4.69, 9.17) is 4.74 Å². The standard InChI is InChI=1S/C10H13NO/c1-12-10-5-3-2-4-9(10)11-8-6-7-8/h2-5,8,11H,6-7H2,1H3. The highest BCUT2D eigenvalue weighted by Crippen LogP contribution is 2.30. The number of nitrogens with one attached hydrogen (secondary N) is 1. The molecule has 2 heteroatoms. The second-order valence-electron chi connectivity index (χ2n) is 3.12. The molecule has 1 aromatic rings. The third-order valence-corrected chi connectivity index (χ3v) is 2.04. The van der Waals surface area contributed by atoms with Gasteiger partial charge in [0.25, 0.3) is 0 Å². The largest absolute Gasteiger partial charge is 0.495 e. The Morgan fingerprint density at radius 3 is 2.75 bits per heavy atom. The maximum Gasteiger partial charge on any atom is 0.141 e. The molecular weight excluding hydrogens is 150 g/mol. The Bertz CT molecular complexity index is 268. The smallest absolute Gasteiger partial charge is 0.141 e. The molecule has 0 radical (unpaired) electrons. The molecule has 1 aromatic carbocycles. The van der Waals surface area contributed by atoms with Crippen LogP contribution < -0.4 is 10.1 Å². The first-order valence-electron chi connectivity index (χ1n) is 4.29. The zero-order chi connectivity index (χ0) is 8.39. The quantitative estimate of drug-likeness (QED) is 0.738. The average Bonchev–Trinajstić information content (AvgIpc) is 2.89. The van der Waals surface area contributed by atoms with Crippen molar-refractivity contribution in [3.8, 4) is 5.75 Å². The highest BCUT2D eigenvalue weighted by atomic mass is 16.5.